The van der Waals surface area contributed by atoms with Gasteiger partial charge in [-0.25, -0.2) is 18.7 Å². The Morgan fingerprint density at radius 1 is 0.966 bits per heavy atom. The van der Waals surface area contributed by atoms with Crippen molar-refractivity contribution in [3.05, 3.63) is 67.0 Å². The number of nitrogens with one attached hydrogen (secondary N) is 1. The molecule has 0 spiro atoms. The molecule has 0 aliphatic carbocycles. The second-order valence-corrected chi connectivity index (χ2v) is 6.35. The molecule has 5 nitrogen and oxygen atoms in total. The zero-order valence-corrected chi connectivity index (χ0v) is 15.6. The summed E-state index contributed by atoms with van der Waals surface area (Å²) in [4.78, 5) is 13.4. The summed E-state index contributed by atoms with van der Waals surface area (Å²) in [5.74, 6) is 1.69. The molecule has 0 fully saturated rings. The SMILES string of the molecule is CNc1nc(-c2cccnc2)nc2ccc(-c3cccc(OCC(F)F)c3)cc12. The average molecular weight is 392 g/mol. The van der Waals surface area contributed by atoms with Gasteiger partial charge in [0.25, 0.3) is 6.43 Å². The molecule has 4 rings (SSSR count). The summed E-state index contributed by atoms with van der Waals surface area (Å²) >= 11 is 0. The van der Waals surface area contributed by atoms with E-state index in [1.807, 2.05) is 36.4 Å². The van der Waals surface area contributed by atoms with Gasteiger partial charge >= 0.3 is 0 Å². The van der Waals surface area contributed by atoms with E-state index in [1.165, 1.54) is 0 Å². The quantitative estimate of drug-likeness (QED) is 0.498. The van der Waals surface area contributed by atoms with Crippen molar-refractivity contribution in [2.75, 3.05) is 19.0 Å². The molecule has 1 N–H and O–H groups in total. The smallest absolute Gasteiger partial charge is 0.272 e. The number of hydrogen-bond acceptors (Lipinski definition) is 5. The van der Waals surface area contributed by atoms with Crippen LogP contribution in [-0.4, -0.2) is 35.0 Å². The molecular formula is C22H18F2N4O. The maximum atomic E-state index is 12.4. The largest absolute Gasteiger partial charge is 0.488 e. The summed E-state index contributed by atoms with van der Waals surface area (Å²) in [6, 6.07) is 16.7. The number of alkyl halides is 2. The molecule has 0 radical (unpaired) electrons. The molecule has 0 atom stereocenters. The molecule has 0 saturated heterocycles. The van der Waals surface area contributed by atoms with Crippen molar-refractivity contribution in [2.45, 2.75) is 6.43 Å². The Morgan fingerprint density at radius 2 is 1.79 bits per heavy atom. The molecule has 29 heavy (non-hydrogen) atoms. The first-order chi connectivity index (χ1) is 14.1. The van der Waals surface area contributed by atoms with E-state index in [9.17, 15) is 8.78 Å². The van der Waals surface area contributed by atoms with Gasteiger partial charge in [0.15, 0.2) is 5.82 Å². The molecule has 7 heteroatoms. The number of aromatic nitrogens is 3. The van der Waals surface area contributed by atoms with Gasteiger partial charge in [0.05, 0.1) is 5.52 Å². The minimum atomic E-state index is -2.51. The van der Waals surface area contributed by atoms with Crippen molar-refractivity contribution in [1.82, 2.24) is 15.0 Å². The van der Waals surface area contributed by atoms with Crippen molar-refractivity contribution in [3.63, 3.8) is 0 Å². The number of fused-ring (bicyclic) bond motifs is 1. The lowest BCUT2D eigenvalue weighted by Gasteiger charge is -2.11. The molecule has 0 amide bonds. The lowest BCUT2D eigenvalue weighted by molar-refractivity contribution is 0.0819. The molecule has 0 aliphatic rings. The Kier molecular flexibility index (Phi) is 5.29. The fraction of sp³-hybridized carbons (Fsp3) is 0.136. The van der Waals surface area contributed by atoms with Crippen LogP contribution in [0.25, 0.3) is 33.4 Å². The highest BCUT2D eigenvalue weighted by Crippen LogP contribution is 2.30. The number of halogens is 2. The number of benzene rings is 2. The van der Waals surface area contributed by atoms with Crippen LogP contribution in [0, 0.1) is 0 Å². The standard InChI is InChI=1S/C22H18F2N4O/c1-25-22-18-11-15(14-4-2-6-17(10-14)29-13-20(23)24)7-8-19(18)27-21(28-22)16-5-3-9-26-12-16/h2-12,20H,13H2,1H3,(H,25,27,28). The van der Waals surface area contributed by atoms with Crippen molar-refractivity contribution in [3.8, 4) is 28.3 Å². The number of nitrogens with zero attached hydrogens (tertiary/aromatic N) is 3. The van der Waals surface area contributed by atoms with E-state index in [0.717, 1.165) is 27.6 Å². The van der Waals surface area contributed by atoms with Crippen LogP contribution in [0.4, 0.5) is 14.6 Å². The van der Waals surface area contributed by atoms with Crippen LogP contribution in [0.1, 0.15) is 0 Å². The van der Waals surface area contributed by atoms with Crippen molar-refractivity contribution in [2.24, 2.45) is 0 Å². The predicted molar refractivity (Wildman–Crippen MR) is 109 cm³/mol. The van der Waals surface area contributed by atoms with Crippen LogP contribution in [0.5, 0.6) is 5.75 Å². The highest BCUT2D eigenvalue weighted by atomic mass is 19.3. The van der Waals surface area contributed by atoms with Crippen LogP contribution < -0.4 is 10.1 Å². The van der Waals surface area contributed by atoms with E-state index in [0.29, 0.717) is 17.4 Å². The van der Waals surface area contributed by atoms with E-state index >= 15 is 0 Å². The first kappa shape index (κ1) is 18.7. The van der Waals surface area contributed by atoms with E-state index < -0.39 is 13.0 Å². The fourth-order valence-electron chi connectivity index (χ4n) is 3.05. The Hall–Kier alpha value is -3.61. The highest BCUT2D eigenvalue weighted by molar-refractivity contribution is 5.93. The van der Waals surface area contributed by atoms with E-state index in [2.05, 4.69) is 20.3 Å². The normalized spacial score (nSPS) is 11.0. The van der Waals surface area contributed by atoms with E-state index in [4.69, 9.17) is 4.74 Å². The summed E-state index contributed by atoms with van der Waals surface area (Å²) in [6.07, 6.45) is 0.915. The van der Waals surface area contributed by atoms with Crippen molar-refractivity contribution in [1.29, 1.82) is 0 Å². The number of ether oxygens (including phenoxy) is 1. The van der Waals surface area contributed by atoms with Gasteiger partial charge in [-0.05, 0) is 47.5 Å². The third-order valence-electron chi connectivity index (χ3n) is 4.40. The molecule has 2 aromatic heterocycles. The van der Waals surface area contributed by atoms with Gasteiger partial charge in [-0.3, -0.25) is 4.98 Å². The van der Waals surface area contributed by atoms with Gasteiger partial charge in [-0.2, -0.15) is 0 Å². The van der Waals surface area contributed by atoms with Gasteiger partial charge in [0.1, 0.15) is 18.2 Å². The fourth-order valence-corrected chi connectivity index (χ4v) is 3.05. The summed E-state index contributed by atoms with van der Waals surface area (Å²) in [6.45, 7) is -0.629. The average Bonchev–Trinajstić information content (AvgIpc) is 2.77. The second-order valence-electron chi connectivity index (χ2n) is 6.35. The summed E-state index contributed by atoms with van der Waals surface area (Å²) in [7, 11) is 1.81. The van der Waals surface area contributed by atoms with Gasteiger partial charge < -0.3 is 10.1 Å². The Morgan fingerprint density at radius 3 is 2.55 bits per heavy atom. The van der Waals surface area contributed by atoms with Gasteiger partial charge in [0.2, 0.25) is 0 Å². The lowest BCUT2D eigenvalue weighted by atomic mass is 10.0. The summed E-state index contributed by atoms with van der Waals surface area (Å²) in [5, 5.41) is 3.98. The van der Waals surface area contributed by atoms with Gasteiger partial charge in [-0.1, -0.05) is 18.2 Å². The molecule has 146 valence electrons. The number of rotatable bonds is 6. The highest BCUT2D eigenvalue weighted by Gasteiger charge is 2.11. The van der Waals surface area contributed by atoms with Gasteiger partial charge in [-0.15, -0.1) is 0 Å². The first-order valence-corrected chi connectivity index (χ1v) is 9.05. The Labute approximate surface area is 166 Å². The minimum absolute atomic E-state index is 0.403. The van der Waals surface area contributed by atoms with Crippen LogP contribution in [0.3, 0.4) is 0 Å². The molecule has 0 bridgehead atoms. The van der Waals surface area contributed by atoms with Crippen LogP contribution >= 0.6 is 0 Å². The van der Waals surface area contributed by atoms with Gasteiger partial charge in [0, 0.05) is 30.4 Å². The third kappa shape index (κ3) is 4.13. The van der Waals surface area contributed by atoms with Crippen LogP contribution in [-0.2, 0) is 0 Å². The van der Waals surface area contributed by atoms with Crippen LogP contribution in [0.2, 0.25) is 0 Å². The zero-order valence-electron chi connectivity index (χ0n) is 15.6. The molecule has 0 unspecified atom stereocenters. The topological polar surface area (TPSA) is 59.9 Å². The first-order valence-electron chi connectivity index (χ1n) is 9.05. The number of hydrogen-bond donors (Lipinski definition) is 1. The molecule has 2 heterocycles. The second kappa shape index (κ2) is 8.18. The maximum Gasteiger partial charge on any atom is 0.272 e. The van der Waals surface area contributed by atoms with Crippen LogP contribution in [0.15, 0.2) is 67.0 Å². The predicted octanol–water partition coefficient (Wildman–Crippen LogP) is 5.04. The van der Waals surface area contributed by atoms with E-state index in [-0.39, 0.29) is 0 Å². The maximum absolute atomic E-state index is 12.4. The minimum Gasteiger partial charge on any atom is -0.488 e. The summed E-state index contributed by atoms with van der Waals surface area (Å²) in [5.41, 5.74) is 3.39. The van der Waals surface area contributed by atoms with E-state index in [1.54, 1.807) is 37.6 Å². The molecule has 4 aromatic rings. The summed E-state index contributed by atoms with van der Waals surface area (Å²) < 4.78 is 29.9. The monoisotopic (exact) mass is 392 g/mol. The molecule has 0 saturated carbocycles. The Bertz CT molecular complexity index is 1140. The zero-order chi connectivity index (χ0) is 20.2. The number of anilines is 1. The lowest BCUT2D eigenvalue weighted by Crippen LogP contribution is -2.06. The Balaban J connectivity index is 1.74. The van der Waals surface area contributed by atoms with Crippen molar-refractivity contribution >= 4 is 16.7 Å². The van der Waals surface area contributed by atoms with Crippen molar-refractivity contribution < 1.29 is 13.5 Å². The third-order valence-corrected chi connectivity index (χ3v) is 4.40. The molecule has 0 aliphatic heterocycles. The number of pyridine rings is 1. The molecular weight excluding hydrogens is 374 g/mol. The molecule has 2 aromatic carbocycles.